The highest BCUT2D eigenvalue weighted by molar-refractivity contribution is 8.00. The maximum atomic E-state index is 11.4. The van der Waals surface area contributed by atoms with Gasteiger partial charge < -0.3 is 5.32 Å². The molecule has 5 heteroatoms. The van der Waals surface area contributed by atoms with Crippen LogP contribution in [0.2, 0.25) is 0 Å². The molecule has 0 aliphatic heterocycles. The molecule has 0 heterocycles. The van der Waals surface area contributed by atoms with Crippen LogP contribution in [0.25, 0.3) is 0 Å². The number of carbonyl (C=O) groups is 2. The Morgan fingerprint density at radius 3 is 2.44 bits per heavy atom. The van der Waals surface area contributed by atoms with Crippen LogP contribution >= 0.6 is 11.8 Å². The number of hydrogen-bond donors (Lipinski definition) is 2. The predicted octanol–water partition coefficient (Wildman–Crippen LogP) is 1.75. The molecule has 16 heavy (non-hydrogen) atoms. The lowest BCUT2D eigenvalue weighted by Gasteiger charge is -2.14. The molecular weight excluding hydrogens is 224 g/mol. The fourth-order valence-corrected chi connectivity index (χ4v) is 1.88. The molecule has 1 saturated carbocycles. The molecule has 1 fully saturated rings. The molecule has 2 N–H and O–H groups in total. The van der Waals surface area contributed by atoms with E-state index in [1.807, 2.05) is 0 Å². The average Bonchev–Trinajstić information content (AvgIpc) is 2.97. The molecule has 0 spiro atoms. The van der Waals surface area contributed by atoms with E-state index in [2.05, 4.69) is 31.4 Å². The molecule has 0 aromatic carbocycles. The highest BCUT2D eigenvalue weighted by Gasteiger charge is 2.23. The lowest BCUT2D eigenvalue weighted by Crippen LogP contribution is -2.41. The lowest BCUT2D eigenvalue weighted by molar-refractivity contribution is -0.117. The van der Waals surface area contributed by atoms with E-state index < -0.39 is 0 Å². The first-order chi connectivity index (χ1) is 7.49. The Labute approximate surface area is 101 Å². The molecule has 1 aliphatic rings. The molecule has 0 unspecified atom stereocenters. The van der Waals surface area contributed by atoms with E-state index in [1.54, 1.807) is 11.8 Å². The van der Waals surface area contributed by atoms with Crippen LogP contribution in [-0.2, 0) is 4.79 Å². The summed E-state index contributed by atoms with van der Waals surface area (Å²) in [6.07, 6.45) is 2.06. The highest BCUT2D eigenvalue weighted by Crippen LogP contribution is 2.19. The van der Waals surface area contributed by atoms with Crippen molar-refractivity contribution in [2.75, 3.05) is 5.75 Å². The molecule has 0 saturated heterocycles. The van der Waals surface area contributed by atoms with E-state index in [4.69, 9.17) is 0 Å². The molecule has 4 nitrogen and oxygen atoms in total. The van der Waals surface area contributed by atoms with Crippen LogP contribution in [0.15, 0.2) is 0 Å². The summed E-state index contributed by atoms with van der Waals surface area (Å²) in [6, 6.07) is -0.0691. The smallest absolute Gasteiger partial charge is 0.321 e. The molecule has 0 bridgehead atoms. The van der Waals surface area contributed by atoms with E-state index in [-0.39, 0.29) is 18.0 Å². The summed E-state index contributed by atoms with van der Waals surface area (Å²) >= 11 is 1.58. The normalized spacial score (nSPS) is 17.0. The molecule has 3 amide bonds. The first-order valence-electron chi connectivity index (χ1n) is 5.71. The van der Waals surface area contributed by atoms with E-state index in [9.17, 15) is 9.59 Å². The molecule has 1 rings (SSSR count). The second-order valence-corrected chi connectivity index (χ2v) is 5.92. The van der Waals surface area contributed by atoms with Gasteiger partial charge in [-0.2, -0.15) is 0 Å². The molecule has 0 aromatic heterocycles. The number of imide groups is 1. The van der Waals surface area contributed by atoms with Crippen molar-refractivity contribution in [2.24, 2.45) is 5.92 Å². The number of carbonyl (C=O) groups excluding carboxylic acids is 2. The van der Waals surface area contributed by atoms with Gasteiger partial charge in [0.2, 0.25) is 5.91 Å². The van der Waals surface area contributed by atoms with E-state index in [0.717, 1.165) is 12.8 Å². The number of amides is 3. The van der Waals surface area contributed by atoms with Crippen molar-refractivity contribution < 1.29 is 9.59 Å². The highest BCUT2D eigenvalue weighted by atomic mass is 32.2. The lowest BCUT2D eigenvalue weighted by atomic mass is 10.2. The maximum absolute atomic E-state index is 11.4. The fraction of sp³-hybridized carbons (Fsp3) is 0.818. The SMILES string of the molecule is CC(C)[C@H](C)SCC(=O)NC(=O)NC1CC1. The van der Waals surface area contributed by atoms with Crippen LogP contribution in [0, 0.1) is 5.92 Å². The molecule has 0 radical (unpaired) electrons. The summed E-state index contributed by atoms with van der Waals surface area (Å²) in [5, 5.41) is 5.48. The van der Waals surface area contributed by atoms with Crippen molar-refractivity contribution in [1.82, 2.24) is 10.6 Å². The third-order valence-electron chi connectivity index (χ3n) is 2.58. The number of hydrogen-bond acceptors (Lipinski definition) is 3. The Kier molecular flexibility index (Phi) is 5.12. The first-order valence-corrected chi connectivity index (χ1v) is 6.76. The van der Waals surface area contributed by atoms with Gasteiger partial charge in [0.05, 0.1) is 5.75 Å². The van der Waals surface area contributed by atoms with Crippen molar-refractivity contribution in [3.8, 4) is 0 Å². The summed E-state index contributed by atoms with van der Waals surface area (Å²) in [7, 11) is 0. The zero-order valence-electron chi connectivity index (χ0n) is 10.1. The van der Waals surface area contributed by atoms with Crippen molar-refractivity contribution in [3.63, 3.8) is 0 Å². The Bertz CT molecular complexity index is 265. The van der Waals surface area contributed by atoms with Gasteiger partial charge in [0.15, 0.2) is 0 Å². The van der Waals surface area contributed by atoms with Gasteiger partial charge in [-0.25, -0.2) is 4.79 Å². The zero-order valence-corrected chi connectivity index (χ0v) is 10.9. The maximum Gasteiger partial charge on any atom is 0.321 e. The van der Waals surface area contributed by atoms with Crippen LogP contribution in [0.5, 0.6) is 0 Å². The zero-order chi connectivity index (χ0) is 12.1. The predicted molar refractivity (Wildman–Crippen MR) is 66.5 cm³/mol. The Hall–Kier alpha value is -0.710. The molecule has 0 aromatic rings. The van der Waals surface area contributed by atoms with Gasteiger partial charge in [-0.15, -0.1) is 11.8 Å². The second-order valence-electron chi connectivity index (χ2n) is 4.56. The Morgan fingerprint density at radius 2 is 1.94 bits per heavy atom. The Morgan fingerprint density at radius 1 is 1.31 bits per heavy atom. The topological polar surface area (TPSA) is 58.2 Å². The molecule has 1 atom stereocenters. The monoisotopic (exact) mass is 244 g/mol. The van der Waals surface area contributed by atoms with Crippen molar-refractivity contribution in [2.45, 2.75) is 44.9 Å². The molecular formula is C11H20N2O2S. The third kappa shape index (κ3) is 5.39. The van der Waals surface area contributed by atoms with Crippen LogP contribution < -0.4 is 10.6 Å². The first kappa shape index (κ1) is 13.4. The van der Waals surface area contributed by atoms with Crippen LogP contribution in [0.4, 0.5) is 4.79 Å². The molecule has 1 aliphatic carbocycles. The summed E-state index contributed by atoms with van der Waals surface area (Å²) in [5.41, 5.74) is 0. The summed E-state index contributed by atoms with van der Waals surface area (Å²) in [4.78, 5) is 22.6. The van der Waals surface area contributed by atoms with E-state index >= 15 is 0 Å². The van der Waals surface area contributed by atoms with Gasteiger partial charge in [0, 0.05) is 11.3 Å². The summed E-state index contributed by atoms with van der Waals surface area (Å²) in [6.45, 7) is 6.33. The standard InChI is InChI=1S/C11H20N2O2S/c1-7(2)8(3)16-6-10(14)13-11(15)12-9-4-5-9/h7-9H,4-6H2,1-3H3,(H2,12,13,14,15)/t8-/m0/s1. The molecule has 92 valence electrons. The number of nitrogens with one attached hydrogen (secondary N) is 2. The quantitative estimate of drug-likeness (QED) is 0.774. The largest absolute Gasteiger partial charge is 0.335 e. The van der Waals surface area contributed by atoms with E-state index in [1.165, 1.54) is 0 Å². The van der Waals surface area contributed by atoms with Gasteiger partial charge in [0.1, 0.15) is 0 Å². The second kappa shape index (κ2) is 6.13. The number of thioether (sulfide) groups is 1. The Balaban J connectivity index is 2.11. The van der Waals surface area contributed by atoms with Gasteiger partial charge in [-0.05, 0) is 18.8 Å². The van der Waals surface area contributed by atoms with Gasteiger partial charge in [0.25, 0.3) is 0 Å². The third-order valence-corrected chi connectivity index (χ3v) is 4.08. The van der Waals surface area contributed by atoms with Crippen molar-refractivity contribution in [1.29, 1.82) is 0 Å². The van der Waals surface area contributed by atoms with Gasteiger partial charge in [-0.1, -0.05) is 20.8 Å². The number of urea groups is 1. The fourth-order valence-electron chi connectivity index (χ4n) is 1.01. The van der Waals surface area contributed by atoms with Gasteiger partial charge >= 0.3 is 6.03 Å². The minimum Gasteiger partial charge on any atom is -0.335 e. The summed E-state index contributed by atoms with van der Waals surface area (Å²) in [5.74, 6) is 0.672. The minimum atomic E-state index is -0.356. The minimum absolute atomic E-state index is 0.212. The van der Waals surface area contributed by atoms with Gasteiger partial charge in [-0.3, -0.25) is 10.1 Å². The van der Waals surface area contributed by atoms with Crippen LogP contribution in [-0.4, -0.2) is 29.0 Å². The number of rotatable bonds is 5. The average molecular weight is 244 g/mol. The van der Waals surface area contributed by atoms with Crippen LogP contribution in [0.1, 0.15) is 33.6 Å². The summed E-state index contributed by atoms with van der Waals surface area (Å²) < 4.78 is 0. The van der Waals surface area contributed by atoms with Crippen LogP contribution in [0.3, 0.4) is 0 Å². The van der Waals surface area contributed by atoms with E-state index in [0.29, 0.717) is 16.9 Å². The van der Waals surface area contributed by atoms with Crippen molar-refractivity contribution in [3.05, 3.63) is 0 Å². The van der Waals surface area contributed by atoms with Crippen molar-refractivity contribution >= 4 is 23.7 Å².